The molecular formula is C123H141N10O5+5. The van der Waals surface area contributed by atoms with Crippen molar-refractivity contribution in [2.24, 2.45) is 35.2 Å². The molecule has 0 aliphatic rings. The van der Waals surface area contributed by atoms with Crippen LogP contribution in [0.5, 0.6) is 0 Å². The molecule has 20 rings (SSSR count). The van der Waals surface area contributed by atoms with Crippen molar-refractivity contribution in [3.8, 4) is 56.3 Å². The standard InChI is InChI=1S/3C25H29N2O.2C24H27N2O/c3*1-7-17-13-22(27(6)14-18(17)8-2)23-16(5)9-10-19-20-11-12-21(15(3)4)26-25(20)28-24(19)23;1-6-17(7-2)18-10-13-21(26(5)14-18)22-15(3)8-11-19-20-12-9-16(4)25-24(20)27-23(19)22;1-6-16-13-21(26(5)14-17(16)7-2)22-15(4)9-11-19-20-12-10-18(8-3)25-24(20)27-23(19)22/h3*9-15H,7-8H2,1-6H3;8-14,17H,6-7H2,1-5H3;9-14H,6-8H2,1-5H3/q5*+1/i2*7D2,8D2,15D;7D2,8D2;;6D2,7D2,8D2. The van der Waals surface area contributed by atoms with Crippen LogP contribution in [0.2, 0.25) is 0 Å². The molecule has 0 spiro atoms. The third-order valence-corrected chi connectivity index (χ3v) is 26.8. The van der Waals surface area contributed by atoms with Gasteiger partial charge >= 0.3 is 0 Å². The van der Waals surface area contributed by atoms with E-state index in [9.17, 15) is 0 Å². The first-order valence-electron chi connectivity index (χ1n) is 57.4. The van der Waals surface area contributed by atoms with Crippen LogP contribution in [0.4, 0.5) is 0 Å². The summed E-state index contributed by atoms with van der Waals surface area (Å²) in [5.74, 6) is -0.803. The summed E-state index contributed by atoms with van der Waals surface area (Å²) in [4.78, 5) is 22.9. The van der Waals surface area contributed by atoms with E-state index in [4.69, 9.17) is 54.5 Å². The minimum atomic E-state index is -1.75. The molecule has 20 aromatic rings. The van der Waals surface area contributed by atoms with Gasteiger partial charge in [-0.25, -0.2) is 47.8 Å². The molecule has 15 heteroatoms. The van der Waals surface area contributed by atoms with Crippen LogP contribution >= 0.6 is 0 Å². The van der Waals surface area contributed by atoms with Crippen LogP contribution in [-0.2, 0) is 92.6 Å². The summed E-state index contributed by atoms with van der Waals surface area (Å²) >= 11 is 0. The van der Waals surface area contributed by atoms with Gasteiger partial charge in [-0.15, -0.1) is 0 Å². The van der Waals surface area contributed by atoms with Gasteiger partial charge in [0.25, 0.3) is 0 Å². The average molecular weight is 1860 g/mol. The highest BCUT2D eigenvalue weighted by atomic mass is 16.4. The number of fused-ring (bicyclic) bond motifs is 15. The first-order valence-corrected chi connectivity index (χ1v) is 47.4. The minimum absolute atomic E-state index is 0.286. The van der Waals surface area contributed by atoms with Crippen molar-refractivity contribution in [1.29, 1.82) is 0 Å². The van der Waals surface area contributed by atoms with Gasteiger partial charge in [0.2, 0.25) is 57.0 Å². The molecule has 0 bridgehead atoms. The maximum Gasteiger partial charge on any atom is 0.227 e. The van der Waals surface area contributed by atoms with Crippen molar-refractivity contribution < 1.29 is 72.3 Å². The Balaban J connectivity index is 0.000000139. The first-order chi connectivity index (χ1) is 73.1. The van der Waals surface area contributed by atoms with Crippen LogP contribution < -0.4 is 22.8 Å². The summed E-state index contributed by atoms with van der Waals surface area (Å²) in [6, 6.07) is 51.0. The van der Waals surface area contributed by atoms with E-state index in [0.29, 0.717) is 113 Å². The van der Waals surface area contributed by atoms with Gasteiger partial charge in [0.05, 0.1) is 27.8 Å². The molecule has 0 fully saturated rings. The number of benzene rings is 5. The van der Waals surface area contributed by atoms with Gasteiger partial charge in [-0.2, -0.15) is 0 Å². The van der Waals surface area contributed by atoms with Crippen LogP contribution in [0.3, 0.4) is 0 Å². The lowest BCUT2D eigenvalue weighted by atomic mass is 9.94. The highest BCUT2D eigenvalue weighted by Crippen LogP contribution is 2.45. The van der Waals surface area contributed by atoms with Crippen molar-refractivity contribution in [1.82, 2.24) is 24.9 Å². The number of aryl methyl sites for hydroxylation is 20. The highest BCUT2D eigenvalue weighted by Gasteiger charge is 2.31. The summed E-state index contributed by atoms with van der Waals surface area (Å²) in [5.41, 5.74) is 27.0. The van der Waals surface area contributed by atoms with Gasteiger partial charge in [0.15, 0.2) is 58.9 Å². The molecule has 138 heavy (non-hydrogen) atoms. The Morgan fingerprint density at radius 3 is 0.812 bits per heavy atom. The van der Waals surface area contributed by atoms with E-state index < -0.39 is 69.1 Å². The molecule has 0 atom stereocenters. The molecular weight excluding hydrogens is 1700 g/mol. The lowest BCUT2D eigenvalue weighted by molar-refractivity contribution is -0.661. The van der Waals surface area contributed by atoms with Crippen molar-refractivity contribution in [2.75, 3.05) is 0 Å². The SMILES string of the molecule is CCC(CC)c1ccc(-c2c(C)ccc3c2oc2nc(C)ccc23)[n+](C)c1.[2H]C([2H])(C)c1cc(-c2c(C)ccc3c2oc2nc(C(C)C)ccc23)[n+](C)cc1C([2H])([2H])C.[2H]C([2H])(C)c1cc(-c2c(C)ccc3c2oc2nc(C([2H])(C)C)ccc23)[n+](C)cc1C([2H])([2H])C.[2H]C([2H])(C)c1cc(-c2c(C)ccc3c2oc2nc(C([2H])(C)C)ccc23)[n+](C)cc1C([2H])([2H])C.[2H]C([2H])(C)c1ccc2c(n1)oc1c(-c3cc(C([2H])([2H])C)c(C([2H])([2H])C)c[n+]3C)c(C)ccc12. The molecule has 0 unspecified atom stereocenters. The van der Waals surface area contributed by atoms with Gasteiger partial charge < -0.3 is 22.1 Å². The summed E-state index contributed by atoms with van der Waals surface area (Å²) in [6.07, 6.45) is -4.00. The molecule has 0 saturated heterocycles. The second-order valence-corrected chi connectivity index (χ2v) is 36.5. The Morgan fingerprint density at radius 2 is 0.529 bits per heavy atom. The Hall–Kier alpha value is -13.4. The van der Waals surface area contributed by atoms with Crippen molar-refractivity contribution in [3.63, 3.8) is 0 Å². The van der Waals surface area contributed by atoms with E-state index >= 15 is 0 Å². The monoisotopic (exact) mass is 1860 g/mol. The Kier molecular flexibility index (Phi) is 22.3. The zero-order valence-corrected chi connectivity index (χ0v) is 85.0. The molecule has 15 heterocycles. The first kappa shape index (κ1) is 74.7. The third kappa shape index (κ3) is 18.7. The van der Waals surface area contributed by atoms with Crippen molar-refractivity contribution in [3.05, 3.63) is 295 Å². The van der Waals surface area contributed by atoms with E-state index in [2.05, 4.69) is 103 Å². The number of hydrogen-bond acceptors (Lipinski definition) is 10. The maximum atomic E-state index is 8.35. The fourth-order valence-corrected chi connectivity index (χ4v) is 18.9. The molecule has 0 radical (unpaired) electrons. The van der Waals surface area contributed by atoms with E-state index in [1.165, 1.54) is 92.0 Å². The summed E-state index contributed by atoms with van der Waals surface area (Å²) in [5, 5.41) is 9.21. The van der Waals surface area contributed by atoms with Crippen LogP contribution in [0.1, 0.15) is 288 Å². The Bertz CT molecular complexity index is 8550. The van der Waals surface area contributed by atoms with Crippen molar-refractivity contribution >= 4 is 110 Å². The predicted octanol–water partition coefficient (Wildman–Crippen LogP) is 29.5. The molecule has 0 N–H and O–H groups in total. The van der Waals surface area contributed by atoms with Gasteiger partial charge in [0, 0.05) is 168 Å². The molecule has 0 aliphatic heterocycles. The van der Waals surface area contributed by atoms with E-state index in [1.54, 1.807) is 87.4 Å². The molecule has 0 saturated carbocycles. The smallest absolute Gasteiger partial charge is 0.227 e. The lowest BCUT2D eigenvalue weighted by Gasteiger charge is -2.12. The number of nitrogens with zero attached hydrogens (tertiary/aromatic N) is 10. The molecule has 5 aromatic carbocycles. The third-order valence-electron chi connectivity index (χ3n) is 26.8. The zero-order valence-electron chi connectivity index (χ0n) is 105. The molecule has 0 amide bonds. The van der Waals surface area contributed by atoms with E-state index in [-0.39, 0.29) is 17.2 Å². The number of furan rings is 5. The number of aromatic nitrogens is 10. The maximum absolute atomic E-state index is 8.35. The highest BCUT2D eigenvalue weighted by molar-refractivity contribution is 6.13. The number of rotatable bonds is 20. The van der Waals surface area contributed by atoms with E-state index in [1.807, 2.05) is 174 Å². The quantitative estimate of drug-likeness (QED) is 0.0675. The number of hydrogen-bond donors (Lipinski definition) is 0. The topological polar surface area (TPSA) is 150 Å². The molecule has 15 nitrogen and oxygen atoms in total. The van der Waals surface area contributed by atoms with Gasteiger partial charge in [-0.1, -0.05) is 178 Å². The molecule has 15 aromatic heterocycles. The largest absolute Gasteiger partial charge is 0.437 e. The minimum Gasteiger partial charge on any atom is -0.437 e. The average Bonchev–Trinajstić information content (AvgIpc) is 1.53. The second-order valence-electron chi connectivity index (χ2n) is 36.5. The second kappa shape index (κ2) is 41.1. The fraction of sp³-hybridized carbons (Fsp3) is 0.350. The van der Waals surface area contributed by atoms with Crippen LogP contribution in [0.25, 0.3) is 167 Å². The number of pyridine rings is 10. The van der Waals surface area contributed by atoms with Gasteiger partial charge in [-0.3, -0.25) is 0 Å². The molecule has 708 valence electrons. The predicted molar refractivity (Wildman–Crippen MR) is 569 cm³/mol. The normalized spacial score (nSPS) is 15.0. The van der Waals surface area contributed by atoms with Gasteiger partial charge in [-0.05, 0) is 252 Å². The Morgan fingerprint density at radius 1 is 0.268 bits per heavy atom. The fourth-order valence-electron chi connectivity index (χ4n) is 18.9. The summed E-state index contributed by atoms with van der Waals surface area (Å²) in [6.45, 7) is 40.9. The zero-order chi connectivity index (χ0) is 116. The van der Waals surface area contributed by atoms with Crippen molar-refractivity contribution in [2.45, 2.75) is 253 Å². The van der Waals surface area contributed by atoms with Crippen LogP contribution in [0.15, 0.2) is 211 Å². The lowest BCUT2D eigenvalue weighted by Crippen LogP contribution is -2.32. The summed E-state index contributed by atoms with van der Waals surface area (Å²) < 4.78 is 206. The van der Waals surface area contributed by atoms with Crippen LogP contribution in [-0.4, -0.2) is 24.9 Å². The summed E-state index contributed by atoms with van der Waals surface area (Å²) in [7, 11) is 9.46. The van der Waals surface area contributed by atoms with Crippen LogP contribution in [0, 0.1) is 41.5 Å². The van der Waals surface area contributed by atoms with Gasteiger partial charge in [0.1, 0.15) is 35.2 Å². The van der Waals surface area contributed by atoms with E-state index in [0.717, 1.165) is 138 Å². The molecule has 0 aliphatic carbocycles. The Labute approximate surface area is 843 Å².